The summed E-state index contributed by atoms with van der Waals surface area (Å²) < 4.78 is 0. The molecule has 1 aliphatic rings. The zero-order valence-electron chi connectivity index (χ0n) is 19.1. The molecule has 9 heteroatoms. The molecule has 172 valence electrons. The van der Waals surface area contributed by atoms with Gasteiger partial charge >= 0.3 is 5.97 Å². The molecule has 2 aromatic carbocycles. The molecule has 0 saturated carbocycles. The molecule has 4 rings (SSSR count). The van der Waals surface area contributed by atoms with Gasteiger partial charge in [0.2, 0.25) is 5.82 Å². The van der Waals surface area contributed by atoms with Crippen LogP contribution in [0.2, 0.25) is 0 Å². The monoisotopic (exact) mass is 448 g/mol. The molecule has 2 heterocycles. The van der Waals surface area contributed by atoms with Crippen LogP contribution in [0.3, 0.4) is 0 Å². The lowest BCUT2D eigenvalue weighted by molar-refractivity contribution is -0.133. The van der Waals surface area contributed by atoms with Gasteiger partial charge in [-0.3, -0.25) is 0 Å². The molecule has 0 spiro atoms. The molecule has 0 fully saturated rings. The molecule has 9 nitrogen and oxygen atoms in total. The van der Waals surface area contributed by atoms with E-state index in [1.54, 1.807) is 18.7 Å². The average molecular weight is 449 g/mol. The quantitative estimate of drug-likeness (QED) is 0.432. The molecule has 33 heavy (non-hydrogen) atoms. The number of aromatic nitrogens is 4. The number of anilines is 1. The second-order valence-electron chi connectivity index (χ2n) is 8.90. The largest absolute Gasteiger partial charge is 0.477 e. The van der Waals surface area contributed by atoms with Gasteiger partial charge in [0.05, 0.1) is 5.70 Å². The molecule has 0 radical (unpaired) electrons. The van der Waals surface area contributed by atoms with Gasteiger partial charge in [-0.2, -0.15) is 5.21 Å². The highest BCUT2D eigenvalue weighted by molar-refractivity contribution is 5.94. The molecule has 0 saturated heterocycles. The maximum absolute atomic E-state index is 12.3. The molecule has 0 amide bonds. The highest BCUT2D eigenvalue weighted by atomic mass is 16.4. The van der Waals surface area contributed by atoms with Crippen molar-refractivity contribution < 1.29 is 15.0 Å². The van der Waals surface area contributed by atoms with Gasteiger partial charge < -0.3 is 20.4 Å². The molecular weight excluding hydrogens is 420 g/mol. The lowest BCUT2D eigenvalue weighted by Crippen LogP contribution is -2.52. The van der Waals surface area contributed by atoms with Gasteiger partial charge in [-0.25, -0.2) is 4.79 Å². The van der Waals surface area contributed by atoms with Gasteiger partial charge in [0.25, 0.3) is 0 Å². The number of carboxylic acids is 1. The van der Waals surface area contributed by atoms with Crippen LogP contribution < -0.4 is 10.2 Å². The Balaban J connectivity index is 1.79. The Bertz CT molecular complexity index is 1180. The second kappa shape index (κ2) is 8.32. The van der Waals surface area contributed by atoms with E-state index in [2.05, 4.69) is 25.9 Å². The van der Waals surface area contributed by atoms with Gasteiger partial charge in [0.1, 0.15) is 11.3 Å². The number of aliphatic carboxylic acids is 1. The summed E-state index contributed by atoms with van der Waals surface area (Å²) in [5.41, 5.74) is 1.77. The molecule has 1 unspecified atom stereocenters. The van der Waals surface area contributed by atoms with Crippen molar-refractivity contribution >= 4 is 11.7 Å². The Morgan fingerprint density at radius 3 is 2.33 bits per heavy atom. The third-order valence-corrected chi connectivity index (χ3v) is 5.85. The zero-order chi connectivity index (χ0) is 23.8. The van der Waals surface area contributed by atoms with E-state index >= 15 is 0 Å². The SMILES string of the molecule is CCCC1(C)NC(C(C)(C)O)=C(C(=O)O)N1c1ccc(-c2ccccc2-c2nn[nH]n2)cc1. The molecule has 1 atom stereocenters. The number of carbonyl (C=O) groups is 1. The van der Waals surface area contributed by atoms with Gasteiger partial charge in [0.15, 0.2) is 5.70 Å². The molecule has 1 aromatic heterocycles. The van der Waals surface area contributed by atoms with E-state index in [0.29, 0.717) is 17.9 Å². The molecule has 3 aromatic rings. The van der Waals surface area contributed by atoms with Crippen molar-refractivity contribution in [1.29, 1.82) is 0 Å². The van der Waals surface area contributed by atoms with Gasteiger partial charge in [-0.1, -0.05) is 49.7 Å². The van der Waals surface area contributed by atoms with Crippen LogP contribution in [0.25, 0.3) is 22.5 Å². The standard InChI is InChI=1S/C24H28N6O3/c1-5-14-24(4)25-20(23(2,3)33)19(22(31)32)30(24)16-12-10-15(11-13-16)17-8-6-7-9-18(17)21-26-28-29-27-21/h6-13,25,33H,5,14H2,1-4H3,(H,31,32)(H,26,27,28,29). The van der Waals surface area contributed by atoms with Crippen molar-refractivity contribution in [2.45, 2.75) is 51.8 Å². The summed E-state index contributed by atoms with van der Waals surface area (Å²) in [7, 11) is 0. The Morgan fingerprint density at radius 1 is 1.12 bits per heavy atom. The number of tetrazole rings is 1. The van der Waals surface area contributed by atoms with Crippen molar-refractivity contribution in [3.63, 3.8) is 0 Å². The van der Waals surface area contributed by atoms with Gasteiger partial charge in [0, 0.05) is 11.3 Å². The molecule has 1 aliphatic heterocycles. The topological polar surface area (TPSA) is 127 Å². The maximum Gasteiger partial charge on any atom is 0.354 e. The van der Waals surface area contributed by atoms with E-state index in [1.165, 1.54) is 0 Å². The van der Waals surface area contributed by atoms with Crippen molar-refractivity contribution in [2.24, 2.45) is 0 Å². The van der Waals surface area contributed by atoms with Crippen LogP contribution >= 0.6 is 0 Å². The first-order chi connectivity index (χ1) is 15.7. The minimum absolute atomic E-state index is 0.0541. The Hall–Kier alpha value is -3.72. The fourth-order valence-electron chi connectivity index (χ4n) is 4.46. The first-order valence-electron chi connectivity index (χ1n) is 10.9. The summed E-state index contributed by atoms with van der Waals surface area (Å²) in [5, 5.41) is 38.4. The van der Waals surface area contributed by atoms with Gasteiger partial charge in [-0.05, 0) is 55.7 Å². The number of nitrogens with zero attached hydrogens (tertiary/aromatic N) is 4. The Morgan fingerprint density at radius 2 is 1.79 bits per heavy atom. The summed E-state index contributed by atoms with van der Waals surface area (Å²) in [6, 6.07) is 15.5. The number of rotatable bonds is 7. The summed E-state index contributed by atoms with van der Waals surface area (Å²) in [6.07, 6.45) is 1.52. The number of aliphatic hydroxyl groups is 1. The van der Waals surface area contributed by atoms with Crippen LogP contribution in [0, 0.1) is 0 Å². The number of benzene rings is 2. The van der Waals surface area contributed by atoms with Crippen LogP contribution in [0.15, 0.2) is 59.9 Å². The lowest BCUT2D eigenvalue weighted by atomic mass is 9.98. The van der Waals surface area contributed by atoms with Gasteiger partial charge in [-0.15, -0.1) is 10.2 Å². The number of nitrogens with one attached hydrogen (secondary N) is 2. The Kier molecular flexibility index (Phi) is 5.67. The number of H-pyrrole nitrogens is 1. The molecule has 0 bridgehead atoms. The predicted molar refractivity (Wildman–Crippen MR) is 125 cm³/mol. The van der Waals surface area contributed by atoms with Crippen LogP contribution in [0.4, 0.5) is 5.69 Å². The Labute approximate surface area is 192 Å². The highest BCUT2D eigenvalue weighted by Crippen LogP contribution is 2.41. The maximum atomic E-state index is 12.3. The molecular formula is C24H28N6O3. The van der Waals surface area contributed by atoms with Crippen LogP contribution in [-0.2, 0) is 4.79 Å². The smallest absolute Gasteiger partial charge is 0.354 e. The predicted octanol–water partition coefficient (Wildman–Crippen LogP) is 3.53. The van der Waals surface area contributed by atoms with Crippen LogP contribution in [0.5, 0.6) is 0 Å². The summed E-state index contributed by atoms with van der Waals surface area (Å²) in [5.74, 6) is -0.592. The van der Waals surface area contributed by atoms with Crippen LogP contribution in [-0.4, -0.2) is 48.1 Å². The number of carboxylic acid groups (broad SMARTS) is 1. The third-order valence-electron chi connectivity index (χ3n) is 5.85. The first kappa shape index (κ1) is 22.5. The lowest BCUT2D eigenvalue weighted by Gasteiger charge is -2.38. The van der Waals surface area contributed by atoms with E-state index in [0.717, 1.165) is 28.8 Å². The summed E-state index contributed by atoms with van der Waals surface area (Å²) >= 11 is 0. The number of aromatic amines is 1. The first-order valence-corrected chi connectivity index (χ1v) is 10.9. The minimum Gasteiger partial charge on any atom is -0.477 e. The number of hydrogen-bond donors (Lipinski definition) is 4. The molecule has 4 N–H and O–H groups in total. The van der Waals surface area contributed by atoms with E-state index in [4.69, 9.17) is 0 Å². The van der Waals surface area contributed by atoms with E-state index in [9.17, 15) is 15.0 Å². The second-order valence-corrected chi connectivity index (χ2v) is 8.90. The minimum atomic E-state index is -1.33. The fourth-order valence-corrected chi connectivity index (χ4v) is 4.46. The van der Waals surface area contributed by atoms with E-state index in [-0.39, 0.29) is 5.70 Å². The van der Waals surface area contributed by atoms with Crippen molar-refractivity contribution in [3.05, 3.63) is 59.9 Å². The summed E-state index contributed by atoms with van der Waals surface area (Å²) in [4.78, 5) is 14.1. The number of hydrogen-bond acceptors (Lipinski definition) is 7. The normalized spacial score (nSPS) is 18.5. The zero-order valence-corrected chi connectivity index (χ0v) is 19.1. The van der Waals surface area contributed by atoms with E-state index in [1.807, 2.05) is 62.4 Å². The van der Waals surface area contributed by atoms with Crippen LogP contribution in [0.1, 0.15) is 40.5 Å². The van der Waals surface area contributed by atoms with E-state index < -0.39 is 17.2 Å². The highest BCUT2D eigenvalue weighted by Gasteiger charge is 2.47. The molecule has 0 aliphatic carbocycles. The van der Waals surface area contributed by atoms with Crippen molar-refractivity contribution in [3.8, 4) is 22.5 Å². The fraction of sp³-hybridized carbons (Fsp3) is 0.333. The summed E-state index contributed by atoms with van der Waals surface area (Å²) in [6.45, 7) is 7.18. The average Bonchev–Trinajstić information content (AvgIpc) is 3.40. The third kappa shape index (κ3) is 4.07. The van der Waals surface area contributed by atoms with Crippen molar-refractivity contribution in [2.75, 3.05) is 4.90 Å². The van der Waals surface area contributed by atoms with Crippen molar-refractivity contribution in [1.82, 2.24) is 25.9 Å².